The number of Topliss-reactive ketones (excluding diaryl/α,β-unsaturated/α-hetero) is 1. The molecule has 0 heterocycles. The van der Waals surface area contributed by atoms with Crippen LogP contribution in [-0.2, 0) is 0 Å². The van der Waals surface area contributed by atoms with Gasteiger partial charge in [0, 0.05) is 21.6 Å². The minimum Gasteiger partial charge on any atom is -0.398 e. The fraction of sp³-hybridized carbons (Fsp3) is 0.462. The lowest BCUT2D eigenvalue weighted by Gasteiger charge is -2.14. The number of hydrogen-bond acceptors (Lipinski definition) is 2. The van der Waals surface area contributed by atoms with Crippen molar-refractivity contribution < 1.29 is 4.79 Å². The fourth-order valence-corrected chi connectivity index (χ4v) is 2.81. The van der Waals surface area contributed by atoms with Crippen molar-refractivity contribution in [2.75, 3.05) is 5.73 Å². The minimum atomic E-state index is 0.204. The third-order valence-electron chi connectivity index (χ3n) is 3.48. The van der Waals surface area contributed by atoms with Gasteiger partial charge in [-0.25, -0.2) is 0 Å². The molecule has 0 amide bonds. The van der Waals surface area contributed by atoms with Crippen LogP contribution >= 0.6 is 15.9 Å². The summed E-state index contributed by atoms with van der Waals surface area (Å²) in [7, 11) is 0. The Morgan fingerprint density at radius 1 is 1.44 bits per heavy atom. The number of carbonyl (C=O) groups excluding carboxylic acids is 1. The first-order valence-corrected chi connectivity index (χ1v) is 6.48. The van der Waals surface area contributed by atoms with E-state index in [0.29, 0.717) is 11.6 Å². The van der Waals surface area contributed by atoms with Gasteiger partial charge < -0.3 is 5.73 Å². The van der Waals surface area contributed by atoms with Gasteiger partial charge in [0.25, 0.3) is 0 Å². The Labute approximate surface area is 104 Å². The van der Waals surface area contributed by atoms with Crippen molar-refractivity contribution >= 4 is 27.4 Å². The van der Waals surface area contributed by atoms with Gasteiger partial charge in [-0.3, -0.25) is 4.79 Å². The Morgan fingerprint density at radius 2 is 2.19 bits per heavy atom. The van der Waals surface area contributed by atoms with E-state index in [1.807, 2.05) is 12.1 Å². The van der Waals surface area contributed by atoms with Crippen molar-refractivity contribution in [3.05, 3.63) is 28.2 Å². The van der Waals surface area contributed by atoms with Crippen LogP contribution in [0.25, 0.3) is 0 Å². The van der Waals surface area contributed by atoms with Crippen molar-refractivity contribution in [1.29, 1.82) is 0 Å². The maximum atomic E-state index is 12.3. The van der Waals surface area contributed by atoms with Crippen LogP contribution in [0.4, 0.5) is 5.69 Å². The van der Waals surface area contributed by atoms with Crippen LogP contribution in [0.15, 0.2) is 22.7 Å². The predicted octanol–water partition coefficient (Wildman–Crippen LogP) is 3.65. The van der Waals surface area contributed by atoms with Gasteiger partial charge in [0.05, 0.1) is 0 Å². The molecule has 2 N–H and O–H groups in total. The molecule has 1 aromatic rings. The lowest BCUT2D eigenvalue weighted by molar-refractivity contribution is 0.0897. The van der Waals surface area contributed by atoms with Crippen molar-refractivity contribution in [3.63, 3.8) is 0 Å². The zero-order chi connectivity index (χ0) is 11.7. The first-order valence-electron chi connectivity index (χ1n) is 5.69. The largest absolute Gasteiger partial charge is 0.398 e. The number of anilines is 1. The molecule has 0 aromatic heterocycles. The van der Waals surface area contributed by atoms with Gasteiger partial charge in [0.15, 0.2) is 5.78 Å². The summed E-state index contributed by atoms with van der Waals surface area (Å²) in [5.41, 5.74) is 7.17. The van der Waals surface area contributed by atoms with E-state index in [1.165, 1.54) is 12.8 Å². The third kappa shape index (κ3) is 2.14. The Morgan fingerprint density at radius 3 is 2.75 bits per heavy atom. The lowest BCUT2D eigenvalue weighted by Crippen LogP contribution is -2.17. The van der Waals surface area contributed by atoms with Gasteiger partial charge in [-0.05, 0) is 52.9 Å². The van der Waals surface area contributed by atoms with Crippen molar-refractivity contribution in [2.45, 2.75) is 26.2 Å². The Kier molecular flexibility index (Phi) is 3.33. The van der Waals surface area contributed by atoms with Gasteiger partial charge in [0.2, 0.25) is 0 Å². The molecule has 0 bridgehead atoms. The van der Waals surface area contributed by atoms with E-state index in [-0.39, 0.29) is 11.7 Å². The monoisotopic (exact) mass is 281 g/mol. The van der Waals surface area contributed by atoms with E-state index in [2.05, 4.69) is 22.9 Å². The highest BCUT2D eigenvalue weighted by Crippen LogP contribution is 2.34. The van der Waals surface area contributed by atoms with Crippen molar-refractivity contribution in [3.8, 4) is 0 Å². The summed E-state index contributed by atoms with van der Waals surface area (Å²) in [6, 6.07) is 5.45. The Bertz CT molecular complexity index is 416. The fourth-order valence-electron chi connectivity index (χ4n) is 2.43. The van der Waals surface area contributed by atoms with Gasteiger partial charge in [-0.15, -0.1) is 0 Å². The lowest BCUT2D eigenvalue weighted by atomic mass is 9.89. The highest BCUT2D eigenvalue weighted by Gasteiger charge is 2.30. The molecule has 16 heavy (non-hydrogen) atoms. The van der Waals surface area contributed by atoms with E-state index in [9.17, 15) is 4.79 Å². The number of nitrogens with two attached hydrogens (primary N) is 1. The SMILES string of the molecule is CC1CCCC1C(=O)c1ccc(N)c(Br)c1. The first-order chi connectivity index (χ1) is 7.59. The molecule has 0 aliphatic heterocycles. The summed E-state index contributed by atoms with van der Waals surface area (Å²) >= 11 is 3.36. The molecule has 3 heteroatoms. The summed E-state index contributed by atoms with van der Waals surface area (Å²) in [5.74, 6) is 0.991. The average Bonchev–Trinajstić information content (AvgIpc) is 2.67. The van der Waals surface area contributed by atoms with Crippen LogP contribution in [0.3, 0.4) is 0 Å². The van der Waals surface area contributed by atoms with E-state index in [4.69, 9.17) is 5.73 Å². The summed E-state index contributed by atoms with van der Waals surface area (Å²) in [6.07, 6.45) is 3.38. The average molecular weight is 282 g/mol. The van der Waals surface area contributed by atoms with Crippen molar-refractivity contribution in [1.82, 2.24) is 0 Å². The number of rotatable bonds is 2. The van der Waals surface area contributed by atoms with Crippen LogP contribution in [0.1, 0.15) is 36.5 Å². The molecule has 2 nitrogen and oxygen atoms in total. The molecule has 1 saturated carbocycles. The molecule has 2 unspecified atom stereocenters. The zero-order valence-electron chi connectivity index (χ0n) is 9.37. The van der Waals surface area contributed by atoms with Gasteiger partial charge >= 0.3 is 0 Å². The number of halogens is 1. The van der Waals surface area contributed by atoms with Crippen LogP contribution in [0.2, 0.25) is 0 Å². The number of hydrogen-bond donors (Lipinski definition) is 1. The van der Waals surface area contributed by atoms with Crippen LogP contribution in [0.5, 0.6) is 0 Å². The molecule has 0 spiro atoms. The highest BCUT2D eigenvalue weighted by molar-refractivity contribution is 9.10. The van der Waals surface area contributed by atoms with Crippen LogP contribution < -0.4 is 5.73 Å². The predicted molar refractivity (Wildman–Crippen MR) is 69.4 cm³/mol. The molecule has 1 aliphatic carbocycles. The second kappa shape index (κ2) is 4.58. The second-order valence-electron chi connectivity index (χ2n) is 4.62. The van der Waals surface area contributed by atoms with Crippen molar-refractivity contribution in [2.24, 2.45) is 11.8 Å². The molecule has 1 fully saturated rings. The summed E-state index contributed by atoms with van der Waals surface area (Å²) in [6.45, 7) is 2.17. The van der Waals surface area contributed by atoms with E-state index < -0.39 is 0 Å². The molecule has 0 saturated heterocycles. The second-order valence-corrected chi connectivity index (χ2v) is 5.47. The smallest absolute Gasteiger partial charge is 0.166 e. The molecule has 0 radical (unpaired) electrons. The van der Waals surface area contributed by atoms with Crippen LogP contribution in [0, 0.1) is 11.8 Å². The summed E-state index contributed by atoms with van der Waals surface area (Å²) in [4.78, 5) is 12.3. The molecular weight excluding hydrogens is 266 g/mol. The molecule has 2 atom stereocenters. The Hall–Kier alpha value is -0.830. The maximum Gasteiger partial charge on any atom is 0.166 e. The third-order valence-corrected chi connectivity index (χ3v) is 4.17. The normalized spacial score (nSPS) is 24.6. The quantitative estimate of drug-likeness (QED) is 0.664. The van der Waals surface area contributed by atoms with E-state index in [0.717, 1.165) is 16.5 Å². The topological polar surface area (TPSA) is 43.1 Å². The zero-order valence-corrected chi connectivity index (χ0v) is 11.0. The number of carbonyl (C=O) groups is 1. The molecule has 2 rings (SSSR count). The highest BCUT2D eigenvalue weighted by atomic mass is 79.9. The Balaban J connectivity index is 2.23. The maximum absolute atomic E-state index is 12.3. The molecule has 86 valence electrons. The summed E-state index contributed by atoms with van der Waals surface area (Å²) in [5, 5.41) is 0. The molecular formula is C13H16BrNO. The number of ketones is 1. The number of benzene rings is 1. The van der Waals surface area contributed by atoms with E-state index >= 15 is 0 Å². The minimum absolute atomic E-state index is 0.204. The number of nitrogen functional groups attached to an aromatic ring is 1. The van der Waals surface area contributed by atoms with Gasteiger partial charge in [0.1, 0.15) is 0 Å². The summed E-state index contributed by atoms with van der Waals surface area (Å²) < 4.78 is 0.809. The molecule has 1 aliphatic rings. The van der Waals surface area contributed by atoms with Gasteiger partial charge in [-0.1, -0.05) is 13.3 Å². The van der Waals surface area contributed by atoms with Gasteiger partial charge in [-0.2, -0.15) is 0 Å². The van der Waals surface area contributed by atoms with Crippen LogP contribution in [-0.4, -0.2) is 5.78 Å². The first kappa shape index (κ1) is 11.6. The van der Waals surface area contributed by atoms with E-state index in [1.54, 1.807) is 6.07 Å². The standard InChI is InChI=1S/C13H16BrNO/c1-8-3-2-4-10(8)13(16)9-5-6-12(15)11(14)7-9/h5-8,10H,2-4,15H2,1H3. The molecule has 1 aromatic carbocycles.